The van der Waals surface area contributed by atoms with Gasteiger partial charge in [0.15, 0.2) is 5.69 Å². The number of hydrogen-bond acceptors (Lipinski definition) is 4. The zero-order valence-electron chi connectivity index (χ0n) is 14.1. The van der Waals surface area contributed by atoms with Crippen LogP contribution in [0, 0.1) is 5.92 Å². The average molecular weight is 325 g/mol. The third-order valence-electron chi connectivity index (χ3n) is 5.18. The van der Waals surface area contributed by atoms with E-state index in [1.807, 2.05) is 11.0 Å². The van der Waals surface area contributed by atoms with E-state index < -0.39 is 0 Å². The summed E-state index contributed by atoms with van der Waals surface area (Å²) in [4.78, 5) is 17.1. The second kappa shape index (κ2) is 6.30. The molecule has 1 aliphatic heterocycles. The van der Waals surface area contributed by atoms with Gasteiger partial charge in [-0.3, -0.25) is 4.79 Å². The van der Waals surface area contributed by atoms with E-state index >= 15 is 0 Å². The third-order valence-corrected chi connectivity index (χ3v) is 5.18. The molecule has 1 aromatic carbocycles. The molecule has 0 bridgehead atoms. The maximum absolute atomic E-state index is 12.9. The van der Waals surface area contributed by atoms with E-state index in [1.165, 1.54) is 5.69 Å². The summed E-state index contributed by atoms with van der Waals surface area (Å²) in [6, 6.07) is 10.4. The molecule has 5 nitrogen and oxygen atoms in total. The highest BCUT2D eigenvalue weighted by atomic mass is 16.5. The fourth-order valence-electron chi connectivity index (χ4n) is 3.70. The predicted octanol–water partition coefficient (Wildman–Crippen LogP) is 2.76. The Hall–Kier alpha value is -2.30. The number of aromatic nitrogens is 1. The van der Waals surface area contributed by atoms with Crippen LogP contribution in [0.25, 0.3) is 0 Å². The number of amides is 1. The van der Waals surface area contributed by atoms with Crippen LogP contribution >= 0.6 is 0 Å². The van der Waals surface area contributed by atoms with Crippen LogP contribution in [0.2, 0.25) is 0 Å². The van der Waals surface area contributed by atoms with Crippen molar-refractivity contribution in [3.63, 3.8) is 0 Å². The molecular weight excluding hydrogens is 302 g/mol. The molecule has 1 saturated heterocycles. The topological polar surface area (TPSA) is 49.6 Å². The third kappa shape index (κ3) is 2.79. The Bertz CT molecular complexity index is 717. The van der Waals surface area contributed by atoms with Crippen molar-refractivity contribution in [2.75, 3.05) is 31.1 Å². The molecule has 1 aromatic heterocycles. The highest BCUT2D eigenvalue weighted by molar-refractivity contribution is 5.94. The van der Waals surface area contributed by atoms with Gasteiger partial charge in [-0.05, 0) is 30.9 Å². The first-order valence-corrected chi connectivity index (χ1v) is 8.79. The standard InChI is InChI=1S/C19H23N3O2/c1-14-7-8-17-16(13-14)18(20-24-17)19(23)22-11-9-21(10-12-22)15-5-3-2-4-6-15/h2-6,14H,7-13H2,1H3. The Labute approximate surface area is 142 Å². The molecule has 2 aliphatic rings. The molecule has 1 unspecified atom stereocenters. The van der Waals surface area contributed by atoms with E-state index in [4.69, 9.17) is 4.52 Å². The van der Waals surface area contributed by atoms with Crippen LogP contribution in [-0.2, 0) is 12.8 Å². The molecule has 1 atom stereocenters. The summed E-state index contributed by atoms with van der Waals surface area (Å²) in [7, 11) is 0. The van der Waals surface area contributed by atoms with Crippen LogP contribution < -0.4 is 4.90 Å². The molecule has 5 heteroatoms. The lowest BCUT2D eigenvalue weighted by Crippen LogP contribution is -2.49. The summed E-state index contributed by atoms with van der Waals surface area (Å²) in [6.45, 7) is 5.39. The average Bonchev–Trinajstić information content (AvgIpc) is 3.05. The van der Waals surface area contributed by atoms with E-state index in [0.717, 1.165) is 56.8 Å². The number of fused-ring (bicyclic) bond motifs is 1. The Balaban J connectivity index is 1.45. The molecule has 2 heterocycles. The van der Waals surface area contributed by atoms with Crippen LogP contribution in [-0.4, -0.2) is 42.1 Å². The number of rotatable bonds is 2. The van der Waals surface area contributed by atoms with Crippen molar-refractivity contribution in [2.45, 2.75) is 26.2 Å². The fourth-order valence-corrected chi connectivity index (χ4v) is 3.70. The lowest BCUT2D eigenvalue weighted by molar-refractivity contribution is 0.0735. The van der Waals surface area contributed by atoms with Crippen molar-refractivity contribution in [3.05, 3.63) is 47.3 Å². The van der Waals surface area contributed by atoms with Crippen molar-refractivity contribution in [1.82, 2.24) is 10.1 Å². The van der Waals surface area contributed by atoms with Crippen LogP contribution in [0.1, 0.15) is 35.2 Å². The van der Waals surface area contributed by atoms with Gasteiger partial charge in [-0.1, -0.05) is 30.3 Å². The number of anilines is 1. The Kier molecular flexibility index (Phi) is 4.00. The molecule has 1 amide bonds. The normalized spacial score (nSPS) is 20.8. The number of carbonyl (C=O) groups excluding carboxylic acids is 1. The van der Waals surface area contributed by atoms with Crippen molar-refractivity contribution in [3.8, 4) is 0 Å². The number of carbonyl (C=O) groups is 1. The first-order valence-electron chi connectivity index (χ1n) is 8.79. The molecule has 0 radical (unpaired) electrons. The van der Waals surface area contributed by atoms with Gasteiger partial charge in [0.2, 0.25) is 0 Å². The monoisotopic (exact) mass is 325 g/mol. The molecule has 2 aromatic rings. The van der Waals surface area contributed by atoms with Gasteiger partial charge in [0.05, 0.1) is 0 Å². The second-order valence-corrected chi connectivity index (χ2v) is 6.90. The van der Waals surface area contributed by atoms with Gasteiger partial charge in [-0.25, -0.2) is 0 Å². The first-order chi connectivity index (χ1) is 11.7. The summed E-state index contributed by atoms with van der Waals surface area (Å²) in [5.41, 5.74) is 2.81. The molecule has 24 heavy (non-hydrogen) atoms. The predicted molar refractivity (Wildman–Crippen MR) is 92.3 cm³/mol. The summed E-state index contributed by atoms with van der Waals surface area (Å²) >= 11 is 0. The van der Waals surface area contributed by atoms with E-state index in [9.17, 15) is 4.79 Å². The Morgan fingerprint density at radius 2 is 1.92 bits per heavy atom. The number of benzene rings is 1. The van der Waals surface area contributed by atoms with E-state index in [-0.39, 0.29) is 5.91 Å². The molecular formula is C19H23N3O2. The van der Waals surface area contributed by atoms with Gasteiger partial charge >= 0.3 is 0 Å². The first kappa shape index (κ1) is 15.2. The lowest BCUT2D eigenvalue weighted by atomic mass is 9.88. The van der Waals surface area contributed by atoms with Gasteiger partial charge in [0.25, 0.3) is 5.91 Å². The smallest absolute Gasteiger partial charge is 0.276 e. The number of para-hydroxylation sites is 1. The quantitative estimate of drug-likeness (QED) is 0.852. The zero-order chi connectivity index (χ0) is 16.5. The molecule has 1 fully saturated rings. The summed E-state index contributed by atoms with van der Waals surface area (Å²) in [5, 5.41) is 4.10. The SMILES string of the molecule is CC1CCc2onc(C(=O)N3CCN(c4ccccc4)CC3)c2C1. The van der Waals surface area contributed by atoms with Gasteiger partial charge in [-0.15, -0.1) is 0 Å². The summed E-state index contributed by atoms with van der Waals surface area (Å²) in [6.07, 6.45) is 2.92. The largest absolute Gasteiger partial charge is 0.368 e. The molecule has 126 valence electrons. The van der Waals surface area contributed by atoms with Crippen molar-refractivity contribution in [2.24, 2.45) is 5.92 Å². The van der Waals surface area contributed by atoms with Crippen LogP contribution in [0.15, 0.2) is 34.9 Å². The van der Waals surface area contributed by atoms with E-state index in [2.05, 4.69) is 41.2 Å². The van der Waals surface area contributed by atoms with Crippen molar-refractivity contribution >= 4 is 11.6 Å². The summed E-state index contributed by atoms with van der Waals surface area (Å²) < 4.78 is 5.43. The number of nitrogens with zero attached hydrogens (tertiary/aromatic N) is 3. The zero-order valence-corrected chi connectivity index (χ0v) is 14.1. The van der Waals surface area contributed by atoms with Gasteiger partial charge < -0.3 is 14.3 Å². The van der Waals surface area contributed by atoms with E-state index in [1.54, 1.807) is 0 Å². The van der Waals surface area contributed by atoms with Gasteiger partial charge in [0.1, 0.15) is 5.76 Å². The molecule has 1 aliphatic carbocycles. The molecule has 0 saturated carbocycles. The molecule has 0 N–H and O–H groups in total. The van der Waals surface area contributed by atoms with Crippen LogP contribution in [0.4, 0.5) is 5.69 Å². The molecule has 4 rings (SSSR count). The summed E-state index contributed by atoms with van der Waals surface area (Å²) in [5.74, 6) is 1.54. The number of hydrogen-bond donors (Lipinski definition) is 0. The number of aryl methyl sites for hydroxylation is 1. The minimum atomic E-state index is 0.0295. The number of piperazine rings is 1. The van der Waals surface area contributed by atoms with E-state index in [0.29, 0.717) is 11.6 Å². The van der Waals surface area contributed by atoms with Crippen LogP contribution in [0.5, 0.6) is 0 Å². The second-order valence-electron chi connectivity index (χ2n) is 6.90. The minimum absolute atomic E-state index is 0.0295. The van der Waals surface area contributed by atoms with Crippen molar-refractivity contribution < 1.29 is 9.32 Å². The Morgan fingerprint density at radius 1 is 1.17 bits per heavy atom. The van der Waals surface area contributed by atoms with Crippen molar-refractivity contribution in [1.29, 1.82) is 0 Å². The Morgan fingerprint density at radius 3 is 2.67 bits per heavy atom. The highest BCUT2D eigenvalue weighted by Gasteiger charge is 2.30. The van der Waals surface area contributed by atoms with Crippen LogP contribution in [0.3, 0.4) is 0 Å². The maximum Gasteiger partial charge on any atom is 0.276 e. The maximum atomic E-state index is 12.9. The molecule has 0 spiro atoms. The fraction of sp³-hybridized carbons (Fsp3) is 0.474. The van der Waals surface area contributed by atoms with Gasteiger partial charge in [0, 0.05) is 43.9 Å². The minimum Gasteiger partial charge on any atom is -0.368 e. The lowest BCUT2D eigenvalue weighted by Gasteiger charge is -2.36. The highest BCUT2D eigenvalue weighted by Crippen LogP contribution is 2.28. The van der Waals surface area contributed by atoms with Gasteiger partial charge in [-0.2, -0.15) is 0 Å².